The maximum atomic E-state index is 14.1. The number of aromatic nitrogens is 1. The standard InChI is InChI=1S/C20H17FN2O5/c1-10-2-4-11(5-3-10)6-12-7-13(21)8-14-17(12)23-20(28)16(18(14)26)19(27)22-9-15(24)25/h2-5,7-8H,6,9H2,1H3,(H,22,27)(H,24,25)(H2,23,26,28). The van der Waals surface area contributed by atoms with Crippen molar-refractivity contribution in [2.75, 3.05) is 6.54 Å². The van der Waals surface area contributed by atoms with Gasteiger partial charge in [0.2, 0.25) is 0 Å². The summed E-state index contributed by atoms with van der Waals surface area (Å²) in [6.45, 7) is 1.21. The molecule has 3 aromatic rings. The van der Waals surface area contributed by atoms with Gasteiger partial charge in [0.1, 0.15) is 23.7 Å². The van der Waals surface area contributed by atoms with E-state index in [4.69, 9.17) is 5.11 Å². The lowest BCUT2D eigenvalue weighted by molar-refractivity contribution is -0.135. The quantitative estimate of drug-likeness (QED) is 0.537. The van der Waals surface area contributed by atoms with Crippen LogP contribution >= 0.6 is 0 Å². The molecule has 0 aliphatic rings. The van der Waals surface area contributed by atoms with E-state index in [0.717, 1.165) is 17.2 Å². The number of hydrogen-bond acceptors (Lipinski definition) is 4. The molecule has 0 unspecified atom stereocenters. The van der Waals surface area contributed by atoms with Crippen molar-refractivity contribution in [1.29, 1.82) is 0 Å². The first-order valence-corrected chi connectivity index (χ1v) is 8.39. The van der Waals surface area contributed by atoms with Crippen LogP contribution in [0.2, 0.25) is 0 Å². The lowest BCUT2D eigenvalue weighted by Gasteiger charge is -2.11. The van der Waals surface area contributed by atoms with Gasteiger partial charge in [0.15, 0.2) is 0 Å². The van der Waals surface area contributed by atoms with Crippen LogP contribution in [0.25, 0.3) is 10.9 Å². The van der Waals surface area contributed by atoms with E-state index in [0.29, 0.717) is 12.0 Å². The molecule has 0 spiro atoms. The summed E-state index contributed by atoms with van der Waals surface area (Å²) in [6.07, 6.45) is 0.300. The second-order valence-electron chi connectivity index (χ2n) is 6.40. The predicted octanol–water partition coefficient (Wildman–Crippen LogP) is 2.09. The summed E-state index contributed by atoms with van der Waals surface area (Å²) >= 11 is 0. The molecule has 1 amide bonds. The Balaban J connectivity index is 2.10. The summed E-state index contributed by atoms with van der Waals surface area (Å²) < 4.78 is 14.1. The summed E-state index contributed by atoms with van der Waals surface area (Å²) in [7, 11) is 0. The number of aromatic amines is 1. The number of fused-ring (bicyclic) bond motifs is 1. The van der Waals surface area contributed by atoms with E-state index in [-0.39, 0.29) is 10.9 Å². The highest BCUT2D eigenvalue weighted by Crippen LogP contribution is 2.29. The summed E-state index contributed by atoms with van der Waals surface area (Å²) in [5.74, 6) is -3.72. The Morgan fingerprint density at radius 1 is 1.18 bits per heavy atom. The van der Waals surface area contributed by atoms with Gasteiger partial charge in [0, 0.05) is 5.39 Å². The Hall–Kier alpha value is -3.68. The summed E-state index contributed by atoms with van der Waals surface area (Å²) in [6, 6.07) is 9.81. The average Bonchev–Trinajstić information content (AvgIpc) is 2.63. The SMILES string of the molecule is Cc1ccc(Cc2cc(F)cc3c(O)c(C(=O)NCC(=O)O)c(=O)[nH]c23)cc1. The molecule has 0 saturated heterocycles. The van der Waals surface area contributed by atoms with E-state index in [1.165, 1.54) is 6.07 Å². The number of aryl methyl sites for hydroxylation is 1. The predicted molar refractivity (Wildman–Crippen MR) is 100 cm³/mol. The van der Waals surface area contributed by atoms with Crippen LogP contribution < -0.4 is 10.9 Å². The maximum Gasteiger partial charge on any atom is 0.322 e. The van der Waals surface area contributed by atoms with E-state index < -0.39 is 41.1 Å². The maximum absolute atomic E-state index is 14.1. The van der Waals surface area contributed by atoms with Gasteiger partial charge >= 0.3 is 5.97 Å². The molecule has 28 heavy (non-hydrogen) atoms. The lowest BCUT2D eigenvalue weighted by Crippen LogP contribution is -2.33. The highest BCUT2D eigenvalue weighted by Gasteiger charge is 2.21. The molecular weight excluding hydrogens is 367 g/mol. The first-order valence-electron chi connectivity index (χ1n) is 8.39. The minimum atomic E-state index is -1.31. The van der Waals surface area contributed by atoms with E-state index in [1.807, 2.05) is 36.5 Å². The second-order valence-corrected chi connectivity index (χ2v) is 6.40. The number of aliphatic carboxylic acids is 1. The van der Waals surface area contributed by atoms with Crippen LogP contribution in [0.3, 0.4) is 0 Å². The molecule has 0 aliphatic carbocycles. The number of carboxylic acid groups (broad SMARTS) is 1. The fourth-order valence-corrected chi connectivity index (χ4v) is 2.94. The van der Waals surface area contributed by atoms with Crippen LogP contribution in [-0.4, -0.2) is 33.6 Å². The van der Waals surface area contributed by atoms with Gasteiger partial charge in [0.05, 0.1) is 5.52 Å². The number of rotatable bonds is 5. The topological polar surface area (TPSA) is 119 Å². The fourth-order valence-electron chi connectivity index (χ4n) is 2.94. The summed E-state index contributed by atoms with van der Waals surface area (Å²) in [5.41, 5.74) is 1.02. The Morgan fingerprint density at radius 2 is 1.86 bits per heavy atom. The molecule has 0 aliphatic heterocycles. The number of carbonyl (C=O) groups is 2. The normalized spacial score (nSPS) is 10.8. The van der Waals surface area contributed by atoms with Crippen LogP contribution in [0.4, 0.5) is 4.39 Å². The van der Waals surface area contributed by atoms with E-state index >= 15 is 0 Å². The molecule has 0 saturated carbocycles. The molecule has 0 bridgehead atoms. The number of aromatic hydroxyl groups is 1. The van der Waals surface area contributed by atoms with Crippen LogP contribution in [0.1, 0.15) is 27.0 Å². The van der Waals surface area contributed by atoms with Gasteiger partial charge in [0.25, 0.3) is 11.5 Å². The third-order valence-electron chi connectivity index (χ3n) is 4.28. The molecule has 1 heterocycles. The van der Waals surface area contributed by atoms with Crippen LogP contribution in [-0.2, 0) is 11.2 Å². The van der Waals surface area contributed by atoms with Crippen molar-refractivity contribution in [2.24, 2.45) is 0 Å². The molecule has 7 nitrogen and oxygen atoms in total. The third kappa shape index (κ3) is 3.85. The van der Waals surface area contributed by atoms with Crippen molar-refractivity contribution in [1.82, 2.24) is 10.3 Å². The molecule has 4 N–H and O–H groups in total. The third-order valence-corrected chi connectivity index (χ3v) is 4.28. The molecule has 144 valence electrons. The Morgan fingerprint density at radius 3 is 2.50 bits per heavy atom. The van der Waals surface area contributed by atoms with Gasteiger partial charge < -0.3 is 20.5 Å². The van der Waals surface area contributed by atoms with Crippen molar-refractivity contribution in [3.63, 3.8) is 0 Å². The Bertz CT molecular complexity index is 1140. The molecule has 2 aromatic carbocycles. The second kappa shape index (κ2) is 7.51. The molecule has 0 radical (unpaired) electrons. The lowest BCUT2D eigenvalue weighted by atomic mass is 9.99. The number of benzene rings is 2. The smallest absolute Gasteiger partial charge is 0.322 e. The number of hydrogen-bond donors (Lipinski definition) is 4. The van der Waals surface area contributed by atoms with E-state index in [9.17, 15) is 23.9 Å². The first-order chi connectivity index (χ1) is 13.3. The minimum absolute atomic E-state index is 0.0396. The monoisotopic (exact) mass is 384 g/mol. The Kier molecular flexibility index (Phi) is 5.12. The average molecular weight is 384 g/mol. The van der Waals surface area contributed by atoms with Crippen molar-refractivity contribution in [2.45, 2.75) is 13.3 Å². The van der Waals surface area contributed by atoms with Crippen molar-refractivity contribution >= 4 is 22.8 Å². The fraction of sp³-hybridized carbons (Fsp3) is 0.150. The number of halogens is 1. The van der Waals surface area contributed by atoms with Gasteiger partial charge in [-0.05, 0) is 36.6 Å². The number of carboxylic acids is 1. The van der Waals surface area contributed by atoms with Gasteiger partial charge in [-0.1, -0.05) is 29.8 Å². The highest BCUT2D eigenvalue weighted by atomic mass is 19.1. The largest absolute Gasteiger partial charge is 0.506 e. The van der Waals surface area contributed by atoms with Crippen molar-refractivity contribution < 1.29 is 24.2 Å². The number of pyridine rings is 1. The molecule has 1 aromatic heterocycles. The summed E-state index contributed by atoms with van der Waals surface area (Å²) in [5, 5.41) is 21.0. The van der Waals surface area contributed by atoms with Gasteiger partial charge in [-0.3, -0.25) is 14.4 Å². The molecule has 3 rings (SSSR count). The molecule has 8 heteroatoms. The van der Waals surface area contributed by atoms with Crippen LogP contribution in [0.5, 0.6) is 5.75 Å². The van der Waals surface area contributed by atoms with Gasteiger partial charge in [-0.15, -0.1) is 0 Å². The molecule has 0 atom stereocenters. The summed E-state index contributed by atoms with van der Waals surface area (Å²) in [4.78, 5) is 37.5. The van der Waals surface area contributed by atoms with Crippen molar-refractivity contribution in [3.05, 3.63) is 74.8 Å². The van der Waals surface area contributed by atoms with Crippen molar-refractivity contribution in [3.8, 4) is 5.75 Å². The number of amides is 1. The minimum Gasteiger partial charge on any atom is -0.506 e. The van der Waals surface area contributed by atoms with E-state index in [2.05, 4.69) is 4.98 Å². The Labute approximate surface area is 158 Å². The zero-order chi connectivity index (χ0) is 20.4. The zero-order valence-corrected chi connectivity index (χ0v) is 14.9. The van der Waals surface area contributed by atoms with E-state index in [1.54, 1.807) is 0 Å². The highest BCUT2D eigenvalue weighted by molar-refractivity contribution is 6.03. The first kappa shape index (κ1) is 19.1. The molecule has 0 fully saturated rings. The van der Waals surface area contributed by atoms with Crippen LogP contribution in [0, 0.1) is 12.7 Å². The number of H-pyrrole nitrogens is 1. The number of nitrogens with one attached hydrogen (secondary N) is 2. The van der Waals surface area contributed by atoms with Crippen LogP contribution in [0.15, 0.2) is 41.2 Å². The van der Waals surface area contributed by atoms with Gasteiger partial charge in [-0.2, -0.15) is 0 Å². The molecular formula is C20H17FN2O5. The zero-order valence-electron chi connectivity index (χ0n) is 14.9. The number of carbonyl (C=O) groups excluding carboxylic acids is 1. The van der Waals surface area contributed by atoms with Gasteiger partial charge in [-0.25, -0.2) is 4.39 Å².